The summed E-state index contributed by atoms with van der Waals surface area (Å²) < 4.78 is 6.34. The number of aromatic nitrogens is 1. The normalized spacial score (nSPS) is 25.7. The molecule has 3 heterocycles. The highest BCUT2D eigenvalue weighted by Crippen LogP contribution is 2.42. The molecule has 1 aromatic carbocycles. The maximum absolute atomic E-state index is 11.1. The molecular weight excluding hydrogens is 322 g/mol. The Kier molecular flexibility index (Phi) is 3.81. The molecule has 126 valence electrons. The summed E-state index contributed by atoms with van der Waals surface area (Å²) in [6, 6.07) is 8.82. The SMILES string of the molecule is CC(=O)Nc1ncc(CN2C[C@@]3(Cc4ccccc4O3)C[C@@H]2C)s1. The van der Waals surface area contributed by atoms with Crippen molar-refractivity contribution < 1.29 is 9.53 Å². The molecule has 0 aliphatic carbocycles. The lowest BCUT2D eigenvalue weighted by atomic mass is 9.95. The predicted molar refractivity (Wildman–Crippen MR) is 94.4 cm³/mol. The number of nitrogens with zero attached hydrogens (tertiary/aromatic N) is 2. The highest BCUT2D eigenvalue weighted by molar-refractivity contribution is 7.15. The number of ether oxygens (including phenoxy) is 1. The number of carbonyl (C=O) groups is 1. The van der Waals surface area contributed by atoms with Gasteiger partial charge in [-0.25, -0.2) is 4.98 Å². The molecule has 1 N–H and O–H groups in total. The van der Waals surface area contributed by atoms with E-state index in [4.69, 9.17) is 4.74 Å². The highest BCUT2D eigenvalue weighted by atomic mass is 32.1. The van der Waals surface area contributed by atoms with Crippen molar-refractivity contribution in [2.24, 2.45) is 0 Å². The second-order valence-corrected chi connectivity index (χ2v) is 7.96. The fraction of sp³-hybridized carbons (Fsp3) is 0.444. The Bertz CT molecular complexity index is 748. The Hall–Kier alpha value is -1.92. The molecule has 2 atom stereocenters. The van der Waals surface area contributed by atoms with E-state index < -0.39 is 0 Å². The number of amides is 1. The minimum atomic E-state index is -0.0890. The molecule has 0 bridgehead atoms. The van der Waals surface area contributed by atoms with Crippen molar-refractivity contribution >= 4 is 22.4 Å². The van der Waals surface area contributed by atoms with Crippen molar-refractivity contribution in [1.29, 1.82) is 0 Å². The molecule has 0 unspecified atom stereocenters. The maximum Gasteiger partial charge on any atom is 0.223 e. The quantitative estimate of drug-likeness (QED) is 0.930. The zero-order valence-corrected chi connectivity index (χ0v) is 14.7. The van der Waals surface area contributed by atoms with Crippen molar-refractivity contribution in [2.45, 2.75) is 44.9 Å². The smallest absolute Gasteiger partial charge is 0.223 e. The summed E-state index contributed by atoms with van der Waals surface area (Å²) >= 11 is 1.54. The summed E-state index contributed by atoms with van der Waals surface area (Å²) in [6.07, 6.45) is 3.89. The van der Waals surface area contributed by atoms with Gasteiger partial charge in [0.15, 0.2) is 5.13 Å². The van der Waals surface area contributed by atoms with Crippen molar-refractivity contribution in [1.82, 2.24) is 9.88 Å². The van der Waals surface area contributed by atoms with Crippen LogP contribution in [0.15, 0.2) is 30.5 Å². The molecule has 1 saturated heterocycles. The zero-order valence-electron chi connectivity index (χ0n) is 13.9. The van der Waals surface area contributed by atoms with Gasteiger partial charge in [0.1, 0.15) is 11.4 Å². The first-order valence-corrected chi connectivity index (χ1v) is 9.08. The first-order valence-electron chi connectivity index (χ1n) is 8.26. The molecule has 24 heavy (non-hydrogen) atoms. The van der Waals surface area contributed by atoms with Crippen LogP contribution in [-0.2, 0) is 17.8 Å². The fourth-order valence-electron chi connectivity index (χ4n) is 3.83. The van der Waals surface area contributed by atoms with Crippen molar-refractivity contribution in [3.63, 3.8) is 0 Å². The van der Waals surface area contributed by atoms with Crippen LogP contribution in [0.2, 0.25) is 0 Å². The third-order valence-electron chi connectivity index (χ3n) is 4.79. The van der Waals surface area contributed by atoms with Gasteiger partial charge in [-0.2, -0.15) is 0 Å². The Morgan fingerprint density at radius 3 is 3.12 bits per heavy atom. The lowest BCUT2D eigenvalue weighted by Gasteiger charge is -2.24. The third kappa shape index (κ3) is 2.91. The topological polar surface area (TPSA) is 54.5 Å². The number of fused-ring (bicyclic) bond motifs is 1. The van der Waals surface area contributed by atoms with E-state index in [9.17, 15) is 4.79 Å². The van der Waals surface area contributed by atoms with Crippen molar-refractivity contribution in [3.8, 4) is 5.75 Å². The molecule has 2 aliphatic rings. The summed E-state index contributed by atoms with van der Waals surface area (Å²) in [4.78, 5) is 19.0. The monoisotopic (exact) mass is 343 g/mol. The molecule has 1 aromatic heterocycles. The van der Waals surface area contributed by atoms with Crippen LogP contribution in [0.5, 0.6) is 5.75 Å². The predicted octanol–water partition coefficient (Wildman–Crippen LogP) is 3.07. The first-order chi connectivity index (χ1) is 11.5. The van der Waals surface area contributed by atoms with Gasteiger partial charge in [0.25, 0.3) is 0 Å². The molecule has 1 amide bonds. The van der Waals surface area contributed by atoms with E-state index in [1.807, 2.05) is 12.3 Å². The number of benzene rings is 1. The molecule has 6 heteroatoms. The van der Waals surface area contributed by atoms with Crippen LogP contribution < -0.4 is 10.1 Å². The van der Waals surface area contributed by atoms with Gasteiger partial charge in [-0.05, 0) is 18.6 Å². The standard InChI is InChI=1S/C18H21N3O2S/c1-12-7-18(8-14-5-3-4-6-16(14)23-18)11-21(12)10-15-9-19-17(24-15)20-13(2)22/h3-6,9,12H,7-8,10-11H2,1-2H3,(H,19,20,22)/t12-,18-/m0/s1. The largest absolute Gasteiger partial charge is 0.485 e. The van der Waals surface area contributed by atoms with Crippen LogP contribution in [-0.4, -0.2) is 34.0 Å². The van der Waals surface area contributed by atoms with E-state index in [0.29, 0.717) is 11.2 Å². The summed E-state index contributed by atoms with van der Waals surface area (Å²) in [7, 11) is 0. The number of para-hydroxylation sites is 1. The summed E-state index contributed by atoms with van der Waals surface area (Å²) in [6.45, 7) is 5.54. The van der Waals surface area contributed by atoms with Crippen LogP contribution in [0.3, 0.4) is 0 Å². The molecular formula is C18H21N3O2S. The van der Waals surface area contributed by atoms with Crippen molar-refractivity contribution in [3.05, 3.63) is 40.9 Å². The molecule has 4 rings (SSSR count). The number of carbonyl (C=O) groups excluding carboxylic acids is 1. The summed E-state index contributed by atoms with van der Waals surface area (Å²) in [5, 5.41) is 3.42. The van der Waals surface area contributed by atoms with Crippen LogP contribution in [0, 0.1) is 0 Å². The van der Waals surface area contributed by atoms with Gasteiger partial charge in [-0.3, -0.25) is 9.69 Å². The molecule has 1 spiro atoms. The van der Waals surface area contributed by atoms with Crippen molar-refractivity contribution in [2.75, 3.05) is 11.9 Å². The molecule has 1 fully saturated rings. The number of rotatable bonds is 3. The van der Waals surface area contributed by atoms with E-state index in [-0.39, 0.29) is 11.5 Å². The van der Waals surface area contributed by atoms with Gasteiger partial charge >= 0.3 is 0 Å². The maximum atomic E-state index is 11.1. The average molecular weight is 343 g/mol. The lowest BCUT2D eigenvalue weighted by Crippen LogP contribution is -2.37. The Morgan fingerprint density at radius 2 is 2.33 bits per heavy atom. The highest BCUT2D eigenvalue weighted by Gasteiger charge is 2.47. The van der Waals surface area contributed by atoms with Crippen LogP contribution in [0.25, 0.3) is 0 Å². The molecule has 2 aromatic rings. The van der Waals surface area contributed by atoms with Gasteiger partial charge in [0.2, 0.25) is 5.91 Å². The molecule has 2 aliphatic heterocycles. The molecule has 0 saturated carbocycles. The van der Waals surface area contributed by atoms with E-state index in [1.54, 1.807) is 11.3 Å². The van der Waals surface area contributed by atoms with Gasteiger partial charge < -0.3 is 10.1 Å². The number of nitrogens with one attached hydrogen (secondary N) is 1. The van der Waals surface area contributed by atoms with Gasteiger partial charge in [0.05, 0.1) is 0 Å². The third-order valence-corrected chi connectivity index (χ3v) is 5.69. The molecule has 5 nitrogen and oxygen atoms in total. The second kappa shape index (κ2) is 5.86. The Balaban J connectivity index is 1.45. The van der Waals surface area contributed by atoms with E-state index in [1.165, 1.54) is 12.5 Å². The summed E-state index contributed by atoms with van der Waals surface area (Å²) in [5.74, 6) is 0.957. The fourth-order valence-corrected chi connectivity index (χ4v) is 4.71. The van der Waals surface area contributed by atoms with Crippen LogP contribution in [0.1, 0.15) is 30.7 Å². The van der Waals surface area contributed by atoms with E-state index in [0.717, 1.165) is 36.6 Å². The Labute approximate surface area is 145 Å². The number of thiazole rings is 1. The lowest BCUT2D eigenvalue weighted by molar-refractivity contribution is -0.114. The van der Waals surface area contributed by atoms with E-state index in [2.05, 4.69) is 40.3 Å². The zero-order chi connectivity index (χ0) is 16.7. The second-order valence-electron chi connectivity index (χ2n) is 6.84. The average Bonchev–Trinajstić information content (AvgIpc) is 3.17. The van der Waals surface area contributed by atoms with Gasteiger partial charge in [-0.1, -0.05) is 18.2 Å². The first kappa shape index (κ1) is 15.6. The van der Waals surface area contributed by atoms with E-state index >= 15 is 0 Å². The number of hydrogen-bond acceptors (Lipinski definition) is 5. The van der Waals surface area contributed by atoms with Crippen LogP contribution in [0.4, 0.5) is 5.13 Å². The number of anilines is 1. The minimum absolute atomic E-state index is 0.0819. The Morgan fingerprint density at radius 1 is 1.50 bits per heavy atom. The van der Waals surface area contributed by atoms with Gasteiger partial charge in [-0.15, -0.1) is 11.3 Å². The summed E-state index contributed by atoms with van der Waals surface area (Å²) in [5.41, 5.74) is 1.23. The van der Waals surface area contributed by atoms with Gasteiger partial charge in [0, 0.05) is 50.0 Å². The van der Waals surface area contributed by atoms with Crippen LogP contribution >= 0.6 is 11.3 Å². The molecule has 0 radical (unpaired) electrons. The number of hydrogen-bond donors (Lipinski definition) is 1. The number of likely N-dealkylation sites (tertiary alicyclic amines) is 1. The minimum Gasteiger partial charge on any atom is -0.485 e.